The Balaban J connectivity index is 1.64. The number of carbonyl (C=O) groups is 1. The maximum absolute atomic E-state index is 12.6. The van der Waals surface area contributed by atoms with E-state index in [1.54, 1.807) is 54.6 Å². The number of amides is 1. The van der Waals surface area contributed by atoms with Gasteiger partial charge in [-0.05, 0) is 80.8 Å². The number of aryl methyl sites for hydroxylation is 2. The minimum atomic E-state index is -3.69. The van der Waals surface area contributed by atoms with Crippen molar-refractivity contribution in [2.45, 2.75) is 45.1 Å². The molecular formula is C24H27N3O4S. The second kappa shape index (κ2) is 9.82. The van der Waals surface area contributed by atoms with E-state index < -0.39 is 10.0 Å². The summed E-state index contributed by atoms with van der Waals surface area (Å²) in [5.74, 6) is 0.635. The first-order valence-electron chi connectivity index (χ1n) is 10.3. The number of benzene rings is 2. The van der Waals surface area contributed by atoms with Gasteiger partial charge in [0, 0.05) is 24.0 Å². The lowest BCUT2D eigenvalue weighted by molar-refractivity contribution is 0.0939. The molecule has 3 aromatic rings. The number of aromatic nitrogens is 1. The summed E-state index contributed by atoms with van der Waals surface area (Å²) in [6.07, 6.45) is 2.30. The molecule has 0 aliphatic heterocycles. The fraction of sp³-hybridized carbons (Fsp3) is 0.250. The largest absolute Gasteiger partial charge is 0.439 e. The molecule has 3 rings (SSSR count). The highest BCUT2D eigenvalue weighted by atomic mass is 32.2. The van der Waals surface area contributed by atoms with Crippen LogP contribution in [0, 0.1) is 13.8 Å². The van der Waals surface area contributed by atoms with E-state index in [0.717, 1.165) is 17.5 Å². The van der Waals surface area contributed by atoms with Crippen LogP contribution in [0.3, 0.4) is 0 Å². The number of nitrogens with one attached hydrogen (secondary N) is 2. The van der Waals surface area contributed by atoms with Gasteiger partial charge in [0.25, 0.3) is 15.9 Å². The van der Waals surface area contributed by atoms with Crippen molar-refractivity contribution in [2.75, 3.05) is 4.72 Å². The summed E-state index contributed by atoms with van der Waals surface area (Å²) in [7, 11) is -3.69. The van der Waals surface area contributed by atoms with E-state index in [1.165, 1.54) is 6.20 Å². The van der Waals surface area contributed by atoms with Crippen LogP contribution in [-0.2, 0) is 10.0 Å². The first kappa shape index (κ1) is 23.3. The molecule has 1 aromatic heterocycles. The normalized spacial score (nSPS) is 12.1. The van der Waals surface area contributed by atoms with Gasteiger partial charge in [0.2, 0.25) is 5.88 Å². The molecule has 0 radical (unpaired) electrons. The molecule has 0 aliphatic rings. The van der Waals surface area contributed by atoms with Crippen LogP contribution < -0.4 is 14.8 Å². The van der Waals surface area contributed by atoms with Crippen molar-refractivity contribution in [3.8, 4) is 11.6 Å². The Morgan fingerprint density at radius 3 is 2.34 bits per heavy atom. The third kappa shape index (κ3) is 5.85. The van der Waals surface area contributed by atoms with E-state index in [9.17, 15) is 13.2 Å². The van der Waals surface area contributed by atoms with E-state index in [4.69, 9.17) is 4.74 Å². The lowest BCUT2D eigenvalue weighted by Crippen LogP contribution is -2.31. The Hall–Kier alpha value is -3.39. The van der Waals surface area contributed by atoms with E-state index in [1.807, 2.05) is 27.7 Å². The summed E-state index contributed by atoms with van der Waals surface area (Å²) in [6, 6.07) is 14.9. The van der Waals surface area contributed by atoms with Crippen molar-refractivity contribution in [2.24, 2.45) is 0 Å². The molecule has 0 saturated carbocycles. The van der Waals surface area contributed by atoms with Gasteiger partial charge in [0.1, 0.15) is 5.75 Å². The Labute approximate surface area is 188 Å². The molecule has 2 N–H and O–H groups in total. The number of rotatable bonds is 8. The van der Waals surface area contributed by atoms with E-state index in [2.05, 4.69) is 15.0 Å². The molecule has 1 amide bonds. The van der Waals surface area contributed by atoms with Gasteiger partial charge in [-0.25, -0.2) is 13.4 Å². The number of anilines is 1. The number of nitrogens with zero attached hydrogens (tertiary/aromatic N) is 1. The van der Waals surface area contributed by atoms with Crippen LogP contribution in [0.2, 0.25) is 0 Å². The predicted octanol–water partition coefficient (Wildman–Crippen LogP) is 4.82. The van der Waals surface area contributed by atoms with Gasteiger partial charge in [-0.1, -0.05) is 13.0 Å². The average molecular weight is 454 g/mol. The molecule has 1 heterocycles. The Kier molecular flexibility index (Phi) is 7.15. The number of sulfonamides is 1. The third-order valence-corrected chi connectivity index (χ3v) is 6.48. The van der Waals surface area contributed by atoms with Crippen molar-refractivity contribution in [3.05, 3.63) is 77.5 Å². The monoisotopic (exact) mass is 453 g/mol. The molecule has 7 nitrogen and oxygen atoms in total. The molecule has 8 heteroatoms. The van der Waals surface area contributed by atoms with Gasteiger partial charge in [0.15, 0.2) is 0 Å². The van der Waals surface area contributed by atoms with Crippen LogP contribution in [0.15, 0.2) is 65.7 Å². The molecular weight excluding hydrogens is 426 g/mol. The number of ether oxygens (including phenoxy) is 1. The quantitative estimate of drug-likeness (QED) is 0.510. The van der Waals surface area contributed by atoms with Crippen LogP contribution in [0.25, 0.3) is 0 Å². The van der Waals surface area contributed by atoms with Crippen LogP contribution in [0.5, 0.6) is 11.6 Å². The van der Waals surface area contributed by atoms with Crippen molar-refractivity contribution in [1.29, 1.82) is 0 Å². The summed E-state index contributed by atoms with van der Waals surface area (Å²) in [6.45, 7) is 7.75. The predicted molar refractivity (Wildman–Crippen MR) is 125 cm³/mol. The number of pyridine rings is 1. The summed E-state index contributed by atoms with van der Waals surface area (Å²) in [5, 5.41) is 2.88. The first-order chi connectivity index (χ1) is 15.2. The van der Waals surface area contributed by atoms with E-state index in [-0.39, 0.29) is 16.8 Å². The van der Waals surface area contributed by atoms with Crippen molar-refractivity contribution in [3.63, 3.8) is 0 Å². The maximum atomic E-state index is 12.6. The molecule has 0 saturated heterocycles. The van der Waals surface area contributed by atoms with E-state index >= 15 is 0 Å². The molecule has 32 heavy (non-hydrogen) atoms. The highest BCUT2D eigenvalue weighted by molar-refractivity contribution is 7.92. The Morgan fingerprint density at radius 2 is 1.75 bits per heavy atom. The van der Waals surface area contributed by atoms with Crippen LogP contribution in [0.1, 0.15) is 41.8 Å². The molecule has 168 valence electrons. The third-order valence-electron chi connectivity index (χ3n) is 5.11. The van der Waals surface area contributed by atoms with Gasteiger partial charge in [-0.3, -0.25) is 9.52 Å². The fourth-order valence-electron chi connectivity index (χ4n) is 2.79. The zero-order valence-corrected chi connectivity index (χ0v) is 19.4. The second-order valence-electron chi connectivity index (χ2n) is 7.65. The highest BCUT2D eigenvalue weighted by Crippen LogP contribution is 2.24. The first-order valence-corrected chi connectivity index (χ1v) is 11.8. The summed E-state index contributed by atoms with van der Waals surface area (Å²) in [4.78, 5) is 16.5. The molecule has 1 atom stereocenters. The average Bonchev–Trinajstić information content (AvgIpc) is 2.77. The fourth-order valence-corrected chi connectivity index (χ4v) is 3.93. The smallest absolute Gasteiger partial charge is 0.261 e. The molecule has 2 aromatic carbocycles. The summed E-state index contributed by atoms with van der Waals surface area (Å²) < 4.78 is 33.5. The molecule has 1 unspecified atom stereocenters. The van der Waals surface area contributed by atoms with Gasteiger partial charge in [-0.15, -0.1) is 0 Å². The maximum Gasteiger partial charge on any atom is 0.261 e. The van der Waals surface area contributed by atoms with Gasteiger partial charge >= 0.3 is 0 Å². The van der Waals surface area contributed by atoms with Gasteiger partial charge in [-0.2, -0.15) is 0 Å². The van der Waals surface area contributed by atoms with Crippen molar-refractivity contribution < 1.29 is 17.9 Å². The topological polar surface area (TPSA) is 97.4 Å². The number of carbonyl (C=O) groups excluding carboxylic acids is 1. The summed E-state index contributed by atoms with van der Waals surface area (Å²) in [5.41, 5.74) is 2.81. The zero-order chi connectivity index (χ0) is 23.3. The van der Waals surface area contributed by atoms with Crippen molar-refractivity contribution >= 4 is 21.6 Å². The lowest BCUT2D eigenvalue weighted by atomic mass is 10.1. The minimum Gasteiger partial charge on any atom is -0.439 e. The van der Waals surface area contributed by atoms with Crippen molar-refractivity contribution in [1.82, 2.24) is 10.3 Å². The summed E-state index contributed by atoms with van der Waals surface area (Å²) >= 11 is 0. The lowest BCUT2D eigenvalue weighted by Gasteiger charge is -2.12. The number of hydrogen-bond donors (Lipinski definition) is 2. The number of hydrogen-bond acceptors (Lipinski definition) is 5. The van der Waals surface area contributed by atoms with Gasteiger partial charge in [0.05, 0.1) is 10.5 Å². The second-order valence-corrected chi connectivity index (χ2v) is 9.33. The highest BCUT2D eigenvalue weighted by Gasteiger charge is 2.15. The Bertz CT molecular complexity index is 1190. The molecule has 0 bridgehead atoms. The van der Waals surface area contributed by atoms with Crippen LogP contribution in [0.4, 0.5) is 5.69 Å². The SMILES string of the molecule is CCC(C)NC(=O)c1ccc(Oc2ccc(NS(=O)(=O)c3ccc(C)c(C)c3)cc2)nc1. The standard InChI is InChI=1S/C24H27N3O4S/c1-5-18(4)26-24(28)19-7-13-23(25-15-19)31-21-10-8-20(9-11-21)27-32(29,30)22-12-6-16(2)17(3)14-22/h6-15,18,27H,5H2,1-4H3,(H,26,28). The van der Waals surface area contributed by atoms with Gasteiger partial charge < -0.3 is 10.1 Å². The van der Waals surface area contributed by atoms with E-state index in [0.29, 0.717) is 22.9 Å². The van der Waals surface area contributed by atoms with Crippen LogP contribution >= 0.6 is 0 Å². The van der Waals surface area contributed by atoms with Crippen LogP contribution in [-0.4, -0.2) is 25.4 Å². The zero-order valence-electron chi connectivity index (χ0n) is 18.5. The Morgan fingerprint density at radius 1 is 1.03 bits per heavy atom. The molecule has 0 fully saturated rings. The molecule has 0 aliphatic carbocycles. The molecule has 0 spiro atoms. The minimum absolute atomic E-state index is 0.0874.